The van der Waals surface area contributed by atoms with Gasteiger partial charge in [0.25, 0.3) is 0 Å². The third-order valence-electron chi connectivity index (χ3n) is 10.6. The van der Waals surface area contributed by atoms with E-state index in [0.717, 1.165) is 28.5 Å². The zero-order valence-corrected chi connectivity index (χ0v) is 26.3. The molecule has 46 heavy (non-hydrogen) atoms. The number of fused-ring (bicyclic) bond motifs is 4. The molecule has 8 nitrogen and oxygen atoms in total. The molecule has 4 amide bonds. The second-order valence-electron chi connectivity index (χ2n) is 12.7. The molecule has 4 aliphatic rings. The van der Waals surface area contributed by atoms with Crippen LogP contribution >= 0.6 is 11.6 Å². The first-order valence-electron chi connectivity index (χ1n) is 15.4. The number of carbonyl (C=O) groups is 4. The van der Waals surface area contributed by atoms with Gasteiger partial charge in [-0.1, -0.05) is 42.3 Å². The van der Waals surface area contributed by atoms with E-state index in [2.05, 4.69) is 0 Å². The van der Waals surface area contributed by atoms with Gasteiger partial charge in [0.05, 0.1) is 46.7 Å². The van der Waals surface area contributed by atoms with Crippen LogP contribution in [-0.4, -0.2) is 35.8 Å². The van der Waals surface area contributed by atoms with E-state index in [1.54, 1.807) is 31.2 Å². The van der Waals surface area contributed by atoms with Crippen LogP contribution < -0.4 is 14.5 Å². The van der Waals surface area contributed by atoms with Crippen molar-refractivity contribution in [3.05, 3.63) is 94.3 Å². The highest BCUT2D eigenvalue weighted by Crippen LogP contribution is 2.64. The van der Waals surface area contributed by atoms with Crippen molar-refractivity contribution in [2.75, 3.05) is 16.9 Å². The quantitative estimate of drug-likeness (QED) is 0.263. The second kappa shape index (κ2) is 10.8. The van der Waals surface area contributed by atoms with E-state index < -0.39 is 52.6 Å². The first kappa shape index (κ1) is 30.2. The lowest BCUT2D eigenvalue weighted by molar-refractivity contribution is -0.131. The summed E-state index contributed by atoms with van der Waals surface area (Å²) in [6.07, 6.45) is 3.14. The van der Waals surface area contributed by atoms with Crippen molar-refractivity contribution in [1.29, 1.82) is 0 Å². The molecule has 1 N–H and O–H groups in total. The number of amides is 4. The van der Waals surface area contributed by atoms with Crippen molar-refractivity contribution in [1.82, 2.24) is 0 Å². The van der Waals surface area contributed by atoms with Gasteiger partial charge in [0.1, 0.15) is 17.3 Å². The van der Waals surface area contributed by atoms with E-state index in [0.29, 0.717) is 17.0 Å². The number of phenolic OH excluding ortho intramolecular Hbond substituents is 1. The number of aromatic hydroxyl groups is 1. The summed E-state index contributed by atoms with van der Waals surface area (Å²) in [5.41, 5.74) is 1.43. The average molecular weight is 643 g/mol. The van der Waals surface area contributed by atoms with Gasteiger partial charge < -0.3 is 9.84 Å². The van der Waals surface area contributed by atoms with E-state index in [-0.39, 0.29) is 41.1 Å². The monoisotopic (exact) mass is 642 g/mol. The lowest BCUT2D eigenvalue weighted by Crippen LogP contribution is -2.48. The Morgan fingerprint density at radius 3 is 2.33 bits per heavy atom. The van der Waals surface area contributed by atoms with Crippen LogP contribution in [0.3, 0.4) is 0 Å². The van der Waals surface area contributed by atoms with E-state index in [1.807, 2.05) is 25.1 Å². The molecule has 3 fully saturated rings. The van der Waals surface area contributed by atoms with Gasteiger partial charge in [-0.05, 0) is 86.2 Å². The number of rotatable bonds is 5. The molecule has 6 atom stereocenters. The first-order chi connectivity index (χ1) is 22.0. The standard InChI is InChI=1S/C36H32ClFN2O6/c1-4-18-5-7-19(8-6-18)39-32(42)23-12-11-22-24(30(23)34(39)44)17-26-33(43)40(20-9-13-28(38)27(37)15-20)35(45)36(26,2)31(22)25-16-21(46-3)10-14-29(25)41/h5-11,13-16,23-24,26,30-31,41H,4,12,17H2,1-3H3/t23-,24+,26-,30-,31+,36+/m0/s1. The number of benzene rings is 3. The van der Waals surface area contributed by atoms with Gasteiger partial charge in [-0.25, -0.2) is 9.29 Å². The highest BCUT2D eigenvalue weighted by molar-refractivity contribution is 6.32. The molecule has 0 radical (unpaired) electrons. The largest absolute Gasteiger partial charge is 0.508 e. The summed E-state index contributed by atoms with van der Waals surface area (Å²) in [5, 5.41) is 11.0. The summed E-state index contributed by atoms with van der Waals surface area (Å²) >= 11 is 6.07. The number of allylic oxidation sites excluding steroid dienone is 2. The number of phenols is 1. The number of carbonyl (C=O) groups excluding carboxylic acids is 4. The molecule has 236 valence electrons. The van der Waals surface area contributed by atoms with Gasteiger partial charge in [0.2, 0.25) is 23.6 Å². The maximum Gasteiger partial charge on any atom is 0.241 e. The molecule has 2 aliphatic carbocycles. The fourth-order valence-corrected chi connectivity index (χ4v) is 8.43. The predicted molar refractivity (Wildman–Crippen MR) is 169 cm³/mol. The van der Waals surface area contributed by atoms with Gasteiger partial charge in [-0.15, -0.1) is 0 Å². The fraction of sp³-hybridized carbons (Fsp3) is 0.333. The number of nitrogens with zero attached hydrogens (tertiary/aromatic N) is 2. The van der Waals surface area contributed by atoms with Crippen LogP contribution in [0.5, 0.6) is 11.5 Å². The van der Waals surface area contributed by atoms with Gasteiger partial charge in [-0.3, -0.25) is 24.1 Å². The van der Waals surface area contributed by atoms with E-state index >= 15 is 0 Å². The van der Waals surface area contributed by atoms with Crippen molar-refractivity contribution in [3.8, 4) is 11.5 Å². The summed E-state index contributed by atoms with van der Waals surface area (Å²) in [7, 11) is 1.49. The third kappa shape index (κ3) is 4.17. The van der Waals surface area contributed by atoms with E-state index in [9.17, 15) is 28.7 Å². The highest BCUT2D eigenvalue weighted by atomic mass is 35.5. The van der Waals surface area contributed by atoms with Crippen molar-refractivity contribution in [3.63, 3.8) is 0 Å². The summed E-state index contributed by atoms with van der Waals surface area (Å²) < 4.78 is 19.6. The molecule has 2 saturated heterocycles. The van der Waals surface area contributed by atoms with Gasteiger partial charge in [0.15, 0.2) is 0 Å². The predicted octanol–water partition coefficient (Wildman–Crippen LogP) is 6.19. The molecular weight excluding hydrogens is 611 g/mol. The van der Waals surface area contributed by atoms with E-state index in [4.69, 9.17) is 16.3 Å². The Labute approximate surface area is 270 Å². The summed E-state index contributed by atoms with van der Waals surface area (Å²) in [4.78, 5) is 59.2. The SMILES string of the molecule is CCc1ccc(N2C(=O)[C@H]3[C@H](CC=C4[C@H]3C[C@H]3C(=O)N(c5ccc(F)c(Cl)c5)C(=O)[C@@]3(C)[C@H]4c3cc(OC)ccc3O)C2=O)cc1. The molecule has 2 aliphatic heterocycles. The zero-order valence-electron chi connectivity index (χ0n) is 25.5. The molecule has 0 spiro atoms. The van der Waals surface area contributed by atoms with E-state index in [1.165, 1.54) is 30.2 Å². The summed E-state index contributed by atoms with van der Waals surface area (Å²) in [6.45, 7) is 3.73. The molecule has 2 heterocycles. The third-order valence-corrected chi connectivity index (χ3v) is 10.9. The minimum Gasteiger partial charge on any atom is -0.508 e. The Hall–Kier alpha value is -4.50. The van der Waals surface area contributed by atoms with Crippen LogP contribution in [-0.2, 0) is 25.6 Å². The second-order valence-corrected chi connectivity index (χ2v) is 13.1. The number of hydrogen-bond acceptors (Lipinski definition) is 6. The molecular formula is C36H32ClFN2O6. The lowest BCUT2D eigenvalue weighted by Gasteiger charge is -2.49. The number of imide groups is 2. The van der Waals surface area contributed by atoms with Crippen LogP contribution in [0.25, 0.3) is 0 Å². The van der Waals surface area contributed by atoms with Crippen LogP contribution in [0, 0.1) is 34.9 Å². The molecule has 0 unspecified atom stereocenters. The molecule has 7 rings (SSSR count). The lowest BCUT2D eigenvalue weighted by atomic mass is 9.51. The van der Waals surface area contributed by atoms with Crippen LogP contribution in [0.4, 0.5) is 15.8 Å². The maximum atomic E-state index is 14.5. The van der Waals surface area contributed by atoms with Crippen LogP contribution in [0.1, 0.15) is 43.7 Å². The smallest absolute Gasteiger partial charge is 0.241 e. The number of halogens is 2. The normalized spacial score (nSPS) is 28.6. The Kier molecular flexibility index (Phi) is 7.08. The van der Waals surface area contributed by atoms with Crippen molar-refractivity contribution in [2.45, 2.75) is 39.0 Å². The number of anilines is 2. The van der Waals surface area contributed by atoms with Crippen molar-refractivity contribution in [2.24, 2.45) is 29.1 Å². The number of ether oxygens (including phenoxy) is 1. The molecule has 10 heteroatoms. The number of methoxy groups -OCH3 is 1. The molecule has 0 bridgehead atoms. The van der Waals surface area contributed by atoms with Gasteiger partial charge in [-0.2, -0.15) is 0 Å². The number of aryl methyl sites for hydroxylation is 1. The Bertz CT molecular complexity index is 1860. The Morgan fingerprint density at radius 2 is 1.65 bits per heavy atom. The first-order valence-corrected chi connectivity index (χ1v) is 15.8. The molecule has 0 aromatic heterocycles. The average Bonchev–Trinajstić information content (AvgIpc) is 3.42. The molecule has 3 aromatic carbocycles. The molecule has 1 saturated carbocycles. The zero-order chi connectivity index (χ0) is 32.7. The Balaban J connectivity index is 1.37. The van der Waals surface area contributed by atoms with Gasteiger partial charge in [0, 0.05) is 11.5 Å². The minimum absolute atomic E-state index is 0.0931. The maximum absolute atomic E-state index is 14.5. The Morgan fingerprint density at radius 1 is 0.935 bits per heavy atom. The summed E-state index contributed by atoms with van der Waals surface area (Å²) in [6, 6.07) is 15.8. The summed E-state index contributed by atoms with van der Waals surface area (Å²) in [5.74, 6) is -5.69. The highest BCUT2D eigenvalue weighted by Gasteiger charge is 2.68. The topological polar surface area (TPSA) is 104 Å². The van der Waals surface area contributed by atoms with Gasteiger partial charge >= 0.3 is 0 Å². The minimum atomic E-state index is -1.39. The molecule has 3 aromatic rings. The number of hydrogen-bond donors (Lipinski definition) is 1. The van der Waals surface area contributed by atoms with Crippen molar-refractivity contribution < 1.29 is 33.4 Å². The van der Waals surface area contributed by atoms with Crippen LogP contribution in [0.15, 0.2) is 72.3 Å². The van der Waals surface area contributed by atoms with Crippen molar-refractivity contribution >= 4 is 46.6 Å². The van der Waals surface area contributed by atoms with Crippen LogP contribution in [0.2, 0.25) is 5.02 Å². The fourth-order valence-electron chi connectivity index (χ4n) is 8.26.